The van der Waals surface area contributed by atoms with Crippen molar-refractivity contribution in [3.63, 3.8) is 0 Å². The minimum Gasteiger partial charge on any atom is -0.338 e. The van der Waals surface area contributed by atoms with Crippen LogP contribution in [0.3, 0.4) is 0 Å². The van der Waals surface area contributed by atoms with Gasteiger partial charge in [0.2, 0.25) is 0 Å². The van der Waals surface area contributed by atoms with Crippen molar-refractivity contribution < 1.29 is 4.79 Å². The van der Waals surface area contributed by atoms with E-state index >= 15 is 0 Å². The first kappa shape index (κ1) is 18.0. The van der Waals surface area contributed by atoms with Crippen LogP contribution in [0.25, 0.3) is 0 Å². The van der Waals surface area contributed by atoms with Gasteiger partial charge < -0.3 is 10.2 Å². The topological polar surface area (TPSA) is 32.3 Å². The van der Waals surface area contributed by atoms with Gasteiger partial charge in [-0.2, -0.15) is 0 Å². The Morgan fingerprint density at radius 3 is 2.95 bits per heavy atom. The number of piperidine rings is 1. The van der Waals surface area contributed by atoms with Crippen LogP contribution in [0, 0.1) is 9.49 Å². The van der Waals surface area contributed by atoms with Crippen molar-refractivity contribution in [2.24, 2.45) is 5.92 Å². The zero-order chi connectivity index (χ0) is 13.8. The number of rotatable bonds is 3. The molecule has 1 aliphatic rings. The minimum atomic E-state index is 0. The molecule has 1 heterocycles. The van der Waals surface area contributed by atoms with Gasteiger partial charge in [-0.25, -0.2) is 0 Å². The Balaban J connectivity index is 0.00000200. The van der Waals surface area contributed by atoms with E-state index in [0.29, 0.717) is 16.5 Å². The molecule has 1 aliphatic heterocycles. The summed E-state index contributed by atoms with van der Waals surface area (Å²) in [6, 6.07) is 5.52. The van der Waals surface area contributed by atoms with Gasteiger partial charge in [0.15, 0.2) is 0 Å². The van der Waals surface area contributed by atoms with Crippen molar-refractivity contribution in [2.75, 3.05) is 26.7 Å². The third kappa shape index (κ3) is 4.48. The summed E-state index contributed by atoms with van der Waals surface area (Å²) in [5.74, 6) is 0.654. The Hall–Kier alpha value is -0.0400. The SMILES string of the molecule is CNCC1CCCN(C(=O)c2ccc(I)c(Cl)c2)C1.Cl. The summed E-state index contributed by atoms with van der Waals surface area (Å²) < 4.78 is 0.975. The number of hydrogen-bond acceptors (Lipinski definition) is 2. The normalized spacial score (nSPS) is 18.6. The highest BCUT2D eigenvalue weighted by atomic mass is 127. The first-order valence-electron chi connectivity index (χ1n) is 6.50. The Morgan fingerprint density at radius 1 is 1.55 bits per heavy atom. The molecule has 1 saturated heterocycles. The molecule has 0 bridgehead atoms. The smallest absolute Gasteiger partial charge is 0.253 e. The van der Waals surface area contributed by atoms with Crippen molar-refractivity contribution in [1.82, 2.24) is 10.2 Å². The lowest BCUT2D eigenvalue weighted by Gasteiger charge is -2.32. The fourth-order valence-corrected chi connectivity index (χ4v) is 3.03. The predicted octanol–water partition coefficient (Wildman–Crippen LogP) is 3.44. The maximum absolute atomic E-state index is 12.5. The third-order valence-electron chi connectivity index (χ3n) is 3.47. The molecule has 6 heteroatoms. The molecule has 0 aromatic heterocycles. The maximum atomic E-state index is 12.5. The van der Waals surface area contributed by atoms with E-state index in [1.807, 2.05) is 24.1 Å². The summed E-state index contributed by atoms with van der Waals surface area (Å²) in [5.41, 5.74) is 0.690. The number of hydrogen-bond donors (Lipinski definition) is 1. The van der Waals surface area contributed by atoms with Gasteiger partial charge in [-0.15, -0.1) is 12.4 Å². The molecule has 3 nitrogen and oxygen atoms in total. The number of halogens is 3. The molecule has 1 N–H and O–H groups in total. The minimum absolute atomic E-state index is 0. The number of carbonyl (C=O) groups is 1. The van der Waals surface area contributed by atoms with E-state index < -0.39 is 0 Å². The maximum Gasteiger partial charge on any atom is 0.253 e. The highest BCUT2D eigenvalue weighted by Gasteiger charge is 2.24. The molecule has 112 valence electrons. The van der Waals surface area contributed by atoms with Gasteiger partial charge in [-0.1, -0.05) is 11.6 Å². The van der Waals surface area contributed by atoms with E-state index in [9.17, 15) is 4.79 Å². The third-order valence-corrected chi connectivity index (χ3v) is 5.04. The van der Waals surface area contributed by atoms with Crippen LogP contribution in [0.2, 0.25) is 5.02 Å². The lowest BCUT2D eigenvalue weighted by Crippen LogP contribution is -2.42. The number of nitrogens with zero attached hydrogens (tertiary/aromatic N) is 1. The molecular formula is C14H19Cl2IN2O. The van der Waals surface area contributed by atoms with Crippen molar-refractivity contribution in [1.29, 1.82) is 0 Å². The van der Waals surface area contributed by atoms with E-state index in [1.165, 1.54) is 6.42 Å². The second kappa shape index (κ2) is 8.41. The van der Waals surface area contributed by atoms with Gasteiger partial charge in [-0.05, 0) is 73.1 Å². The highest BCUT2D eigenvalue weighted by Crippen LogP contribution is 2.22. The van der Waals surface area contributed by atoms with E-state index in [1.54, 1.807) is 6.07 Å². The Kier molecular flexibility index (Phi) is 7.58. The number of carbonyl (C=O) groups excluding carboxylic acids is 1. The monoisotopic (exact) mass is 428 g/mol. The van der Waals surface area contributed by atoms with Gasteiger partial charge in [0, 0.05) is 22.2 Å². The van der Waals surface area contributed by atoms with Crippen molar-refractivity contribution >= 4 is 52.5 Å². The molecule has 1 atom stereocenters. The number of benzene rings is 1. The standard InChI is InChI=1S/C14H18ClIN2O.ClH/c1-17-8-10-3-2-6-18(9-10)14(19)11-4-5-13(16)12(15)7-11;/h4-5,7,10,17H,2-3,6,8-9H2,1H3;1H. The summed E-state index contributed by atoms with van der Waals surface area (Å²) in [5, 5.41) is 3.84. The molecule has 0 spiro atoms. The number of nitrogens with one attached hydrogen (secondary N) is 1. The lowest BCUT2D eigenvalue weighted by atomic mass is 9.97. The summed E-state index contributed by atoms with van der Waals surface area (Å²) >= 11 is 8.25. The lowest BCUT2D eigenvalue weighted by molar-refractivity contribution is 0.0674. The zero-order valence-corrected chi connectivity index (χ0v) is 15.1. The Labute approximate surface area is 145 Å². The second-order valence-corrected chi connectivity index (χ2v) is 6.52. The molecule has 1 fully saturated rings. The van der Waals surface area contributed by atoms with Crippen LogP contribution in [0.1, 0.15) is 23.2 Å². The molecule has 20 heavy (non-hydrogen) atoms. The predicted molar refractivity (Wildman–Crippen MR) is 94.0 cm³/mol. The molecular weight excluding hydrogens is 410 g/mol. The number of amides is 1. The van der Waals surface area contributed by atoms with Crippen LogP contribution in [0.15, 0.2) is 18.2 Å². The van der Waals surface area contributed by atoms with E-state index in [4.69, 9.17) is 11.6 Å². The van der Waals surface area contributed by atoms with E-state index in [2.05, 4.69) is 27.9 Å². The zero-order valence-electron chi connectivity index (χ0n) is 11.4. The van der Waals surface area contributed by atoms with Crippen LogP contribution in [-0.2, 0) is 0 Å². The number of likely N-dealkylation sites (tertiary alicyclic amines) is 1. The summed E-state index contributed by atoms with van der Waals surface area (Å²) in [7, 11) is 1.96. The van der Waals surface area contributed by atoms with Gasteiger partial charge in [0.25, 0.3) is 5.91 Å². The fraction of sp³-hybridized carbons (Fsp3) is 0.500. The van der Waals surface area contributed by atoms with E-state index in [-0.39, 0.29) is 18.3 Å². The van der Waals surface area contributed by atoms with Gasteiger partial charge in [0.05, 0.1) is 5.02 Å². The van der Waals surface area contributed by atoms with Crippen LogP contribution in [-0.4, -0.2) is 37.5 Å². The Bertz CT molecular complexity index is 468. The molecule has 0 radical (unpaired) electrons. The molecule has 0 aliphatic carbocycles. The summed E-state index contributed by atoms with van der Waals surface area (Å²) in [4.78, 5) is 14.4. The molecule has 2 rings (SSSR count). The molecule has 1 aromatic rings. The largest absolute Gasteiger partial charge is 0.338 e. The second-order valence-electron chi connectivity index (χ2n) is 4.95. The van der Waals surface area contributed by atoms with Crippen LogP contribution >= 0.6 is 46.6 Å². The van der Waals surface area contributed by atoms with Crippen LogP contribution < -0.4 is 5.32 Å². The summed E-state index contributed by atoms with van der Waals surface area (Å²) in [6.07, 6.45) is 2.27. The molecule has 1 amide bonds. The van der Waals surface area contributed by atoms with Crippen molar-refractivity contribution in [3.05, 3.63) is 32.4 Å². The van der Waals surface area contributed by atoms with Crippen LogP contribution in [0.4, 0.5) is 0 Å². The molecule has 0 saturated carbocycles. The highest BCUT2D eigenvalue weighted by molar-refractivity contribution is 14.1. The Morgan fingerprint density at radius 2 is 2.30 bits per heavy atom. The van der Waals surface area contributed by atoms with Gasteiger partial charge in [0.1, 0.15) is 0 Å². The van der Waals surface area contributed by atoms with Gasteiger partial charge in [-0.3, -0.25) is 4.79 Å². The first-order valence-corrected chi connectivity index (χ1v) is 7.96. The van der Waals surface area contributed by atoms with Gasteiger partial charge >= 0.3 is 0 Å². The van der Waals surface area contributed by atoms with Crippen molar-refractivity contribution in [2.45, 2.75) is 12.8 Å². The average Bonchev–Trinajstić information content (AvgIpc) is 2.42. The fourth-order valence-electron chi connectivity index (χ4n) is 2.52. The average molecular weight is 429 g/mol. The summed E-state index contributed by atoms with van der Waals surface area (Å²) in [6.45, 7) is 2.66. The quantitative estimate of drug-likeness (QED) is 0.748. The molecule has 1 aromatic carbocycles. The molecule has 1 unspecified atom stereocenters. The van der Waals surface area contributed by atoms with Crippen LogP contribution in [0.5, 0.6) is 0 Å². The first-order chi connectivity index (χ1) is 9.11. The van der Waals surface area contributed by atoms with E-state index in [0.717, 1.165) is 29.6 Å². The van der Waals surface area contributed by atoms with Crippen molar-refractivity contribution in [3.8, 4) is 0 Å².